The van der Waals surface area contributed by atoms with Crippen molar-refractivity contribution in [2.75, 3.05) is 18.9 Å². The Hall–Kier alpha value is -2.38. The van der Waals surface area contributed by atoms with Gasteiger partial charge < -0.3 is 5.32 Å². The molecule has 3 aromatic rings. The Balaban J connectivity index is 1.60. The molecule has 0 saturated carbocycles. The molecule has 118 valence electrons. The van der Waals surface area contributed by atoms with Crippen LogP contribution in [0.25, 0.3) is 11.0 Å². The molecule has 23 heavy (non-hydrogen) atoms. The summed E-state index contributed by atoms with van der Waals surface area (Å²) in [5.41, 5.74) is 3.09. The predicted octanol–water partition coefficient (Wildman–Crippen LogP) is 2.90. The maximum absolute atomic E-state index is 12.9. The molecule has 1 N–H and O–H groups in total. The third-order valence-corrected chi connectivity index (χ3v) is 3.88. The van der Waals surface area contributed by atoms with Crippen molar-refractivity contribution in [2.45, 2.75) is 6.54 Å². The first-order valence-corrected chi connectivity index (χ1v) is 7.79. The van der Waals surface area contributed by atoms with Gasteiger partial charge in [0.1, 0.15) is 16.9 Å². The largest absolute Gasteiger partial charge is 0.323 e. The first-order chi connectivity index (χ1) is 11.1. The van der Waals surface area contributed by atoms with Crippen LogP contribution in [0.3, 0.4) is 0 Å². The van der Waals surface area contributed by atoms with Crippen LogP contribution in [0.4, 0.5) is 10.1 Å². The Morgan fingerprint density at radius 3 is 2.78 bits per heavy atom. The number of fused-ring (bicyclic) bond motifs is 1. The van der Waals surface area contributed by atoms with Gasteiger partial charge in [0.15, 0.2) is 0 Å². The summed E-state index contributed by atoms with van der Waals surface area (Å²) in [6.07, 6.45) is 0. The number of benzene rings is 2. The first kappa shape index (κ1) is 15.5. The summed E-state index contributed by atoms with van der Waals surface area (Å²) in [6, 6.07) is 11.8. The highest BCUT2D eigenvalue weighted by atomic mass is 32.1. The second kappa shape index (κ2) is 6.80. The number of halogens is 1. The molecule has 0 saturated heterocycles. The predicted molar refractivity (Wildman–Crippen MR) is 88.8 cm³/mol. The van der Waals surface area contributed by atoms with Crippen LogP contribution < -0.4 is 5.32 Å². The second-order valence-corrected chi connectivity index (χ2v) is 5.81. The van der Waals surface area contributed by atoms with E-state index in [9.17, 15) is 9.18 Å². The lowest BCUT2D eigenvalue weighted by Crippen LogP contribution is -2.29. The van der Waals surface area contributed by atoms with Crippen LogP contribution in [0.5, 0.6) is 0 Å². The lowest BCUT2D eigenvalue weighted by molar-refractivity contribution is -0.117. The number of nitrogens with one attached hydrogen (secondary N) is 1. The molecular weight excluding hydrogens is 315 g/mol. The fraction of sp³-hybridized carbons (Fsp3) is 0.188. The van der Waals surface area contributed by atoms with Crippen molar-refractivity contribution < 1.29 is 9.18 Å². The molecular formula is C16H15FN4OS. The molecule has 0 atom stereocenters. The molecule has 7 heteroatoms. The summed E-state index contributed by atoms with van der Waals surface area (Å²) in [4.78, 5) is 14.0. The number of anilines is 1. The average Bonchev–Trinajstić information content (AvgIpc) is 2.99. The Bertz CT molecular complexity index is 818. The van der Waals surface area contributed by atoms with Gasteiger partial charge >= 0.3 is 0 Å². The topological polar surface area (TPSA) is 58.1 Å². The lowest BCUT2D eigenvalue weighted by Gasteiger charge is -2.16. The Kier molecular flexibility index (Phi) is 4.59. The summed E-state index contributed by atoms with van der Waals surface area (Å²) in [7, 11) is 1.84. The minimum Gasteiger partial charge on any atom is -0.323 e. The smallest absolute Gasteiger partial charge is 0.238 e. The minimum atomic E-state index is -0.265. The monoisotopic (exact) mass is 330 g/mol. The number of nitrogens with zero attached hydrogens (tertiary/aromatic N) is 3. The molecule has 0 fully saturated rings. The number of rotatable bonds is 5. The second-order valence-electron chi connectivity index (χ2n) is 5.28. The number of carbonyl (C=O) groups is 1. The van der Waals surface area contributed by atoms with Crippen molar-refractivity contribution in [3.63, 3.8) is 0 Å². The van der Waals surface area contributed by atoms with Crippen molar-refractivity contribution in [3.05, 3.63) is 53.8 Å². The van der Waals surface area contributed by atoms with Crippen LogP contribution in [-0.4, -0.2) is 33.1 Å². The van der Waals surface area contributed by atoms with E-state index in [0.717, 1.165) is 22.8 Å². The van der Waals surface area contributed by atoms with Gasteiger partial charge in [-0.25, -0.2) is 4.39 Å². The van der Waals surface area contributed by atoms with Crippen LogP contribution in [0.15, 0.2) is 42.5 Å². The van der Waals surface area contributed by atoms with E-state index < -0.39 is 0 Å². The van der Waals surface area contributed by atoms with E-state index in [-0.39, 0.29) is 18.3 Å². The molecule has 5 nitrogen and oxygen atoms in total. The van der Waals surface area contributed by atoms with Crippen LogP contribution in [0.1, 0.15) is 5.56 Å². The van der Waals surface area contributed by atoms with Gasteiger partial charge in [-0.3, -0.25) is 9.69 Å². The summed E-state index contributed by atoms with van der Waals surface area (Å²) in [5.74, 6) is -0.394. The number of likely N-dealkylation sites (N-methyl/N-ethyl adjacent to an activating group) is 1. The van der Waals surface area contributed by atoms with E-state index in [1.807, 2.05) is 30.1 Å². The highest BCUT2D eigenvalue weighted by Crippen LogP contribution is 2.21. The molecule has 1 heterocycles. The van der Waals surface area contributed by atoms with Crippen molar-refractivity contribution in [1.29, 1.82) is 0 Å². The maximum atomic E-state index is 12.9. The maximum Gasteiger partial charge on any atom is 0.238 e. The van der Waals surface area contributed by atoms with E-state index in [2.05, 4.69) is 14.1 Å². The van der Waals surface area contributed by atoms with Crippen LogP contribution >= 0.6 is 11.7 Å². The highest BCUT2D eigenvalue weighted by molar-refractivity contribution is 7.00. The lowest BCUT2D eigenvalue weighted by atomic mass is 10.2. The highest BCUT2D eigenvalue weighted by Gasteiger charge is 2.11. The molecule has 1 aromatic heterocycles. The van der Waals surface area contributed by atoms with Crippen molar-refractivity contribution in [2.24, 2.45) is 0 Å². The van der Waals surface area contributed by atoms with E-state index >= 15 is 0 Å². The summed E-state index contributed by atoms with van der Waals surface area (Å²) in [5, 5.41) is 2.86. The van der Waals surface area contributed by atoms with Gasteiger partial charge in [0.05, 0.1) is 24.0 Å². The molecule has 0 radical (unpaired) electrons. The molecule has 0 unspecified atom stereocenters. The quantitative estimate of drug-likeness (QED) is 0.781. The van der Waals surface area contributed by atoms with Crippen molar-refractivity contribution in [3.8, 4) is 0 Å². The standard InChI is InChI=1S/C16H15FN4OS/c1-21(9-11-5-7-12(17)8-6-11)10-15(22)18-13-3-2-4-14-16(13)20-23-19-14/h2-8H,9-10H2,1H3,(H,18,22). The number of carbonyl (C=O) groups excluding carboxylic acids is 1. The van der Waals surface area contributed by atoms with E-state index in [1.165, 1.54) is 12.1 Å². The Morgan fingerprint density at radius 2 is 2.00 bits per heavy atom. The minimum absolute atomic E-state index is 0.130. The Morgan fingerprint density at radius 1 is 1.22 bits per heavy atom. The fourth-order valence-electron chi connectivity index (χ4n) is 2.30. The van der Waals surface area contributed by atoms with Gasteiger partial charge in [-0.2, -0.15) is 8.75 Å². The molecule has 1 amide bonds. The van der Waals surface area contributed by atoms with Crippen LogP contribution in [0, 0.1) is 5.82 Å². The summed E-state index contributed by atoms with van der Waals surface area (Å²) in [6.45, 7) is 0.793. The summed E-state index contributed by atoms with van der Waals surface area (Å²) < 4.78 is 21.2. The Labute approximate surface area is 137 Å². The summed E-state index contributed by atoms with van der Waals surface area (Å²) >= 11 is 1.12. The molecule has 0 spiro atoms. The van der Waals surface area contributed by atoms with Gasteiger partial charge in [0.2, 0.25) is 5.91 Å². The number of aromatic nitrogens is 2. The molecule has 0 bridgehead atoms. The van der Waals surface area contributed by atoms with Gasteiger partial charge in [0, 0.05) is 6.54 Å². The van der Waals surface area contributed by atoms with Crippen molar-refractivity contribution >= 4 is 34.4 Å². The zero-order valence-corrected chi connectivity index (χ0v) is 13.3. The normalized spacial score (nSPS) is 11.1. The van der Waals surface area contributed by atoms with E-state index in [4.69, 9.17) is 0 Å². The van der Waals surface area contributed by atoms with Gasteiger partial charge in [0.25, 0.3) is 0 Å². The van der Waals surface area contributed by atoms with Gasteiger partial charge in [-0.15, -0.1) is 0 Å². The first-order valence-electron chi connectivity index (χ1n) is 7.06. The van der Waals surface area contributed by atoms with Crippen LogP contribution in [-0.2, 0) is 11.3 Å². The molecule has 0 aliphatic carbocycles. The zero-order valence-electron chi connectivity index (χ0n) is 12.5. The third kappa shape index (κ3) is 3.88. The van der Waals surface area contributed by atoms with Crippen LogP contribution in [0.2, 0.25) is 0 Å². The molecule has 2 aromatic carbocycles. The number of hydrogen-bond acceptors (Lipinski definition) is 5. The van der Waals surface area contributed by atoms with Crippen molar-refractivity contribution in [1.82, 2.24) is 13.6 Å². The zero-order chi connectivity index (χ0) is 16.2. The van der Waals surface area contributed by atoms with E-state index in [1.54, 1.807) is 12.1 Å². The number of hydrogen-bond donors (Lipinski definition) is 1. The average molecular weight is 330 g/mol. The van der Waals surface area contributed by atoms with Gasteiger partial charge in [-0.05, 0) is 36.9 Å². The fourth-order valence-corrected chi connectivity index (χ4v) is 2.85. The van der Waals surface area contributed by atoms with E-state index in [0.29, 0.717) is 17.7 Å². The third-order valence-electron chi connectivity index (χ3n) is 3.34. The molecule has 0 aliphatic rings. The molecule has 3 rings (SSSR count). The SMILES string of the molecule is CN(CC(=O)Nc1cccc2nsnc12)Cc1ccc(F)cc1. The number of amides is 1. The van der Waals surface area contributed by atoms with Gasteiger partial charge in [-0.1, -0.05) is 18.2 Å². The molecule has 0 aliphatic heterocycles.